The maximum absolute atomic E-state index is 10.6. The van der Waals surface area contributed by atoms with Crippen LogP contribution < -0.4 is 0 Å². The fourth-order valence-corrected chi connectivity index (χ4v) is 5.25. The smallest absolute Gasteiger partial charge is 0.303 e. The average Bonchev–Trinajstić information content (AvgIpc) is 3.25. The first-order chi connectivity index (χ1) is 14.0. The maximum Gasteiger partial charge on any atom is 0.303 e. The molecule has 4 N–H and O–H groups in total. The number of fused-ring (bicyclic) bond motifs is 1. The summed E-state index contributed by atoms with van der Waals surface area (Å²) >= 11 is 1.57. The van der Waals surface area contributed by atoms with Gasteiger partial charge in [-0.2, -0.15) is 0 Å². The summed E-state index contributed by atoms with van der Waals surface area (Å²) in [6.45, 7) is 0. The lowest BCUT2D eigenvalue weighted by Crippen LogP contribution is -2.23. The highest BCUT2D eigenvalue weighted by Gasteiger charge is 2.40. The van der Waals surface area contributed by atoms with Crippen LogP contribution in [0.1, 0.15) is 69.5 Å². The van der Waals surface area contributed by atoms with Crippen molar-refractivity contribution in [1.29, 1.82) is 0 Å². The predicted molar refractivity (Wildman–Crippen MR) is 113 cm³/mol. The van der Waals surface area contributed by atoms with E-state index in [1.54, 1.807) is 16.8 Å². The summed E-state index contributed by atoms with van der Waals surface area (Å²) in [4.78, 5) is 14.9. The fraction of sp³-hybridized carbons (Fsp3) is 0.636. The molecule has 1 fully saturated rings. The molecule has 160 valence electrons. The number of hydrogen-bond donors (Lipinski definition) is 4. The number of nitrogens with zero attached hydrogens (tertiary/aromatic N) is 1. The lowest BCUT2D eigenvalue weighted by molar-refractivity contribution is -0.137. The van der Waals surface area contributed by atoms with Crippen LogP contribution in [0.2, 0.25) is 0 Å². The van der Waals surface area contributed by atoms with Gasteiger partial charge in [0.05, 0.1) is 34.0 Å². The molecule has 0 spiro atoms. The molecular weight excluding hydrogens is 390 g/mol. The second-order valence-electron chi connectivity index (χ2n) is 8.22. The fourth-order valence-electron chi connectivity index (χ4n) is 4.59. The average molecular weight is 422 g/mol. The third-order valence-corrected chi connectivity index (χ3v) is 7.02. The van der Waals surface area contributed by atoms with Crippen LogP contribution in [0.15, 0.2) is 23.7 Å². The highest BCUT2D eigenvalue weighted by Crippen LogP contribution is 2.40. The van der Waals surface area contributed by atoms with Crippen molar-refractivity contribution in [2.45, 2.75) is 76.1 Å². The number of aliphatic hydroxyl groups is 3. The van der Waals surface area contributed by atoms with E-state index >= 15 is 0 Å². The molecule has 0 saturated heterocycles. The lowest BCUT2D eigenvalue weighted by atomic mass is 9.84. The largest absolute Gasteiger partial charge is 0.481 e. The molecule has 7 heteroatoms. The van der Waals surface area contributed by atoms with Crippen LogP contribution in [-0.4, -0.2) is 43.6 Å². The van der Waals surface area contributed by atoms with Gasteiger partial charge in [0, 0.05) is 6.42 Å². The number of carboxylic acids is 1. The van der Waals surface area contributed by atoms with Crippen molar-refractivity contribution >= 4 is 27.5 Å². The summed E-state index contributed by atoms with van der Waals surface area (Å²) in [5, 5.41) is 40.1. The molecule has 1 saturated carbocycles. The number of rotatable bonds is 11. The molecule has 29 heavy (non-hydrogen) atoms. The van der Waals surface area contributed by atoms with Crippen LogP contribution in [0.3, 0.4) is 0 Å². The molecule has 0 bridgehead atoms. The Labute approximate surface area is 175 Å². The highest BCUT2D eigenvalue weighted by molar-refractivity contribution is 7.16. The van der Waals surface area contributed by atoms with Crippen molar-refractivity contribution < 1.29 is 25.2 Å². The molecule has 1 heterocycles. The summed E-state index contributed by atoms with van der Waals surface area (Å²) in [7, 11) is 0. The number of hydrogen-bond acceptors (Lipinski definition) is 6. The van der Waals surface area contributed by atoms with E-state index in [1.807, 2.05) is 18.2 Å². The Balaban J connectivity index is 1.48. The minimum atomic E-state index is -0.758. The lowest BCUT2D eigenvalue weighted by Gasteiger charge is -2.24. The molecule has 2 aromatic rings. The zero-order chi connectivity index (χ0) is 20.8. The van der Waals surface area contributed by atoms with Gasteiger partial charge in [-0.1, -0.05) is 25.3 Å². The summed E-state index contributed by atoms with van der Waals surface area (Å²) in [5.41, 5.74) is 3.53. The normalized spacial score (nSPS) is 25.5. The topological polar surface area (TPSA) is 111 Å². The third-order valence-electron chi connectivity index (χ3n) is 6.21. The second kappa shape index (κ2) is 10.5. The Kier molecular flexibility index (Phi) is 8.00. The Hall–Kier alpha value is -1.54. The molecule has 3 rings (SSSR count). The minimum Gasteiger partial charge on any atom is -0.481 e. The Morgan fingerprint density at radius 2 is 1.83 bits per heavy atom. The van der Waals surface area contributed by atoms with Gasteiger partial charge >= 0.3 is 5.97 Å². The van der Waals surface area contributed by atoms with Gasteiger partial charge in [-0.15, -0.1) is 11.3 Å². The second-order valence-corrected chi connectivity index (χ2v) is 9.10. The SMILES string of the molecule is O=C(O)CCCCCCC1C(CCC(O)c2ccc3scnc3c2)[C@H](O)C[C@@H]1O. The predicted octanol–water partition coefficient (Wildman–Crippen LogP) is 3.89. The van der Waals surface area contributed by atoms with E-state index in [0.717, 1.165) is 41.5 Å². The van der Waals surface area contributed by atoms with Crippen molar-refractivity contribution in [3.8, 4) is 0 Å². The molecule has 0 aliphatic heterocycles. The minimum absolute atomic E-state index is 0.0123. The third kappa shape index (κ3) is 5.98. The molecule has 0 amide bonds. The van der Waals surface area contributed by atoms with Gasteiger partial charge in [-0.05, 0) is 61.6 Å². The van der Waals surface area contributed by atoms with Crippen molar-refractivity contribution in [3.05, 3.63) is 29.3 Å². The van der Waals surface area contributed by atoms with E-state index < -0.39 is 24.3 Å². The first kappa shape index (κ1) is 22.2. The van der Waals surface area contributed by atoms with Gasteiger partial charge in [0.1, 0.15) is 0 Å². The van der Waals surface area contributed by atoms with Gasteiger partial charge in [0.25, 0.3) is 0 Å². The zero-order valence-electron chi connectivity index (χ0n) is 16.6. The number of benzene rings is 1. The molecular formula is C22H31NO5S. The monoisotopic (exact) mass is 421 g/mol. The summed E-state index contributed by atoms with van der Waals surface area (Å²) in [6, 6.07) is 5.83. The van der Waals surface area contributed by atoms with Crippen molar-refractivity contribution in [3.63, 3.8) is 0 Å². The number of carboxylic acid groups (broad SMARTS) is 1. The molecule has 6 nitrogen and oxygen atoms in total. The molecule has 0 radical (unpaired) electrons. The molecule has 1 aromatic carbocycles. The standard InChI is InChI=1S/C22H31NO5S/c24-18(14-7-10-21-17(11-14)23-13-29-21)9-8-16-15(19(25)12-20(16)26)5-3-1-2-4-6-22(27)28/h7,10-11,13,15-16,18-20,24-26H,1-6,8-9,12H2,(H,27,28)/t15?,16?,18?,19-,20+/m0/s1. The summed E-state index contributed by atoms with van der Waals surface area (Å²) < 4.78 is 1.10. The Bertz CT molecular complexity index is 794. The van der Waals surface area contributed by atoms with Crippen LogP contribution in [0.5, 0.6) is 0 Å². The highest BCUT2D eigenvalue weighted by atomic mass is 32.1. The van der Waals surface area contributed by atoms with E-state index in [9.17, 15) is 20.1 Å². The number of aliphatic hydroxyl groups excluding tert-OH is 3. The molecule has 3 unspecified atom stereocenters. The van der Waals surface area contributed by atoms with E-state index in [2.05, 4.69) is 4.98 Å². The number of thiazole rings is 1. The zero-order valence-corrected chi connectivity index (χ0v) is 17.4. The molecule has 5 atom stereocenters. The molecule has 1 aliphatic carbocycles. The maximum atomic E-state index is 10.6. The van der Waals surface area contributed by atoms with Crippen molar-refractivity contribution in [2.24, 2.45) is 11.8 Å². The van der Waals surface area contributed by atoms with E-state index in [0.29, 0.717) is 25.7 Å². The summed E-state index contributed by atoms with van der Waals surface area (Å²) in [6.07, 6.45) is 4.42. The van der Waals surface area contributed by atoms with Gasteiger partial charge < -0.3 is 20.4 Å². The van der Waals surface area contributed by atoms with Gasteiger partial charge in [-0.25, -0.2) is 4.98 Å². The number of aliphatic carboxylic acids is 1. The first-order valence-corrected chi connectivity index (χ1v) is 11.4. The van der Waals surface area contributed by atoms with Gasteiger partial charge in [0.2, 0.25) is 0 Å². The van der Waals surface area contributed by atoms with Crippen LogP contribution in [0.4, 0.5) is 0 Å². The van der Waals surface area contributed by atoms with E-state index in [1.165, 1.54) is 0 Å². The summed E-state index contributed by atoms with van der Waals surface area (Å²) in [5.74, 6) is -0.730. The number of unbranched alkanes of at least 4 members (excludes halogenated alkanes) is 3. The Morgan fingerprint density at radius 3 is 2.59 bits per heavy atom. The number of carbonyl (C=O) groups is 1. The molecule has 1 aromatic heterocycles. The Morgan fingerprint density at radius 1 is 1.10 bits per heavy atom. The van der Waals surface area contributed by atoms with Gasteiger partial charge in [-0.3, -0.25) is 4.79 Å². The number of aromatic nitrogens is 1. The van der Waals surface area contributed by atoms with Crippen LogP contribution in [0.25, 0.3) is 10.2 Å². The van der Waals surface area contributed by atoms with Crippen LogP contribution in [0, 0.1) is 11.8 Å². The quantitative estimate of drug-likeness (QED) is 0.410. The van der Waals surface area contributed by atoms with E-state index in [4.69, 9.17) is 5.11 Å². The molecule has 1 aliphatic rings. The van der Waals surface area contributed by atoms with E-state index in [-0.39, 0.29) is 18.3 Å². The van der Waals surface area contributed by atoms with Crippen LogP contribution in [-0.2, 0) is 4.79 Å². The first-order valence-electron chi connectivity index (χ1n) is 10.5. The van der Waals surface area contributed by atoms with Crippen molar-refractivity contribution in [1.82, 2.24) is 4.98 Å². The van der Waals surface area contributed by atoms with Crippen LogP contribution >= 0.6 is 11.3 Å². The van der Waals surface area contributed by atoms with Gasteiger partial charge in [0.15, 0.2) is 0 Å². The van der Waals surface area contributed by atoms with Crippen molar-refractivity contribution in [2.75, 3.05) is 0 Å².